The zero-order valence-electron chi connectivity index (χ0n) is 12.3. The van der Waals surface area contributed by atoms with Crippen LogP contribution in [0.2, 0.25) is 0 Å². The van der Waals surface area contributed by atoms with Crippen molar-refractivity contribution in [3.63, 3.8) is 0 Å². The number of aromatic nitrogens is 1. The third-order valence-electron chi connectivity index (χ3n) is 4.80. The second-order valence-electron chi connectivity index (χ2n) is 6.89. The van der Waals surface area contributed by atoms with Gasteiger partial charge in [-0.05, 0) is 49.7 Å². The minimum absolute atomic E-state index is 0.197. The molecular formula is C16H26N2O. The second-order valence-corrected chi connectivity index (χ2v) is 6.89. The molecule has 1 aromatic rings. The molecule has 3 heteroatoms. The Morgan fingerprint density at radius 3 is 2.37 bits per heavy atom. The fourth-order valence-corrected chi connectivity index (χ4v) is 2.97. The first-order valence-corrected chi connectivity index (χ1v) is 7.19. The first kappa shape index (κ1) is 14.5. The van der Waals surface area contributed by atoms with Crippen molar-refractivity contribution in [2.75, 3.05) is 6.54 Å². The summed E-state index contributed by atoms with van der Waals surface area (Å²) in [6.07, 6.45) is 5.46. The molecule has 19 heavy (non-hydrogen) atoms. The van der Waals surface area contributed by atoms with Crippen molar-refractivity contribution in [3.8, 4) is 0 Å². The Balaban J connectivity index is 2.19. The van der Waals surface area contributed by atoms with Crippen molar-refractivity contribution in [2.24, 2.45) is 16.6 Å². The molecule has 1 aliphatic carbocycles. The second kappa shape index (κ2) is 5.22. The lowest BCUT2D eigenvalue weighted by atomic mass is 9.62. The molecule has 3 nitrogen and oxygen atoms in total. The average Bonchev–Trinajstić information content (AvgIpc) is 2.40. The standard InChI is InChI=1S/C16H26N2O/c1-12-4-5-13(18-10-12)14(19)16(11-17)8-6-15(2,3)7-9-16/h4-5,10,14,19H,6-9,11,17H2,1-3H3. The third kappa shape index (κ3) is 2.98. The molecule has 1 aromatic heterocycles. The quantitative estimate of drug-likeness (QED) is 0.880. The predicted octanol–water partition coefficient (Wildman–Crippen LogP) is 2.97. The largest absolute Gasteiger partial charge is 0.386 e. The van der Waals surface area contributed by atoms with E-state index in [0.29, 0.717) is 12.0 Å². The van der Waals surface area contributed by atoms with Crippen LogP contribution in [-0.2, 0) is 0 Å². The maximum Gasteiger partial charge on any atom is 0.103 e. The monoisotopic (exact) mass is 262 g/mol. The molecule has 0 radical (unpaired) electrons. The van der Waals surface area contributed by atoms with E-state index in [-0.39, 0.29) is 5.41 Å². The van der Waals surface area contributed by atoms with E-state index in [1.54, 1.807) is 0 Å². The summed E-state index contributed by atoms with van der Waals surface area (Å²) in [6, 6.07) is 3.93. The zero-order chi connectivity index (χ0) is 14.1. The molecule has 0 saturated heterocycles. The van der Waals surface area contributed by atoms with E-state index in [4.69, 9.17) is 5.73 Å². The maximum atomic E-state index is 10.7. The number of aryl methyl sites for hydroxylation is 1. The van der Waals surface area contributed by atoms with Crippen molar-refractivity contribution in [1.82, 2.24) is 4.98 Å². The fourth-order valence-electron chi connectivity index (χ4n) is 2.97. The van der Waals surface area contributed by atoms with Gasteiger partial charge in [0.05, 0.1) is 5.69 Å². The van der Waals surface area contributed by atoms with E-state index in [2.05, 4.69) is 18.8 Å². The number of hydrogen-bond acceptors (Lipinski definition) is 3. The SMILES string of the molecule is Cc1ccc(C(O)C2(CN)CCC(C)(C)CC2)nc1. The van der Waals surface area contributed by atoms with Gasteiger partial charge in [0.15, 0.2) is 0 Å². The normalized spacial score (nSPS) is 23.0. The molecule has 1 aliphatic rings. The molecule has 1 fully saturated rings. The number of aliphatic hydroxyl groups excluding tert-OH is 1. The molecule has 0 amide bonds. The molecule has 0 aromatic carbocycles. The number of hydrogen-bond donors (Lipinski definition) is 2. The van der Waals surface area contributed by atoms with Gasteiger partial charge in [-0.1, -0.05) is 19.9 Å². The third-order valence-corrected chi connectivity index (χ3v) is 4.80. The summed E-state index contributed by atoms with van der Waals surface area (Å²) < 4.78 is 0. The molecular weight excluding hydrogens is 236 g/mol. The number of nitrogens with zero attached hydrogens (tertiary/aromatic N) is 1. The van der Waals surface area contributed by atoms with Gasteiger partial charge in [-0.3, -0.25) is 4.98 Å². The van der Waals surface area contributed by atoms with Crippen LogP contribution in [0.5, 0.6) is 0 Å². The molecule has 1 heterocycles. The van der Waals surface area contributed by atoms with Crippen molar-refractivity contribution >= 4 is 0 Å². The predicted molar refractivity (Wildman–Crippen MR) is 77.7 cm³/mol. The fraction of sp³-hybridized carbons (Fsp3) is 0.688. The van der Waals surface area contributed by atoms with E-state index >= 15 is 0 Å². The van der Waals surface area contributed by atoms with Gasteiger partial charge in [0.25, 0.3) is 0 Å². The number of nitrogens with two attached hydrogens (primary N) is 1. The molecule has 106 valence electrons. The molecule has 1 atom stereocenters. The molecule has 1 unspecified atom stereocenters. The van der Waals surface area contributed by atoms with E-state index in [9.17, 15) is 5.11 Å². The smallest absolute Gasteiger partial charge is 0.103 e. The highest BCUT2D eigenvalue weighted by molar-refractivity contribution is 5.16. The van der Waals surface area contributed by atoms with Crippen LogP contribution in [0.4, 0.5) is 0 Å². The molecule has 0 bridgehead atoms. The summed E-state index contributed by atoms with van der Waals surface area (Å²) in [5.41, 5.74) is 8.06. The van der Waals surface area contributed by atoms with Crippen LogP contribution in [0.25, 0.3) is 0 Å². The molecule has 0 spiro atoms. The Morgan fingerprint density at radius 2 is 1.89 bits per heavy atom. The molecule has 0 aliphatic heterocycles. The summed E-state index contributed by atoms with van der Waals surface area (Å²) >= 11 is 0. The van der Waals surface area contributed by atoms with Gasteiger partial charge in [-0.25, -0.2) is 0 Å². The van der Waals surface area contributed by atoms with Crippen LogP contribution in [0, 0.1) is 17.8 Å². The van der Waals surface area contributed by atoms with Crippen LogP contribution in [-0.4, -0.2) is 16.6 Å². The number of rotatable bonds is 3. The van der Waals surface area contributed by atoms with Gasteiger partial charge in [-0.15, -0.1) is 0 Å². The first-order valence-electron chi connectivity index (χ1n) is 7.19. The lowest BCUT2D eigenvalue weighted by Crippen LogP contribution is -2.42. The van der Waals surface area contributed by atoms with Gasteiger partial charge >= 0.3 is 0 Å². The summed E-state index contributed by atoms with van der Waals surface area (Å²) in [5.74, 6) is 0. The van der Waals surface area contributed by atoms with E-state index in [0.717, 1.165) is 36.9 Å². The van der Waals surface area contributed by atoms with Crippen LogP contribution < -0.4 is 5.73 Å². The van der Waals surface area contributed by atoms with E-state index in [1.807, 2.05) is 25.3 Å². The van der Waals surface area contributed by atoms with Gasteiger partial charge in [0.2, 0.25) is 0 Å². The van der Waals surface area contributed by atoms with Crippen LogP contribution in [0.3, 0.4) is 0 Å². The van der Waals surface area contributed by atoms with Gasteiger partial charge in [0, 0.05) is 18.2 Å². The highest BCUT2D eigenvalue weighted by Gasteiger charge is 2.43. The number of aliphatic hydroxyl groups is 1. The Morgan fingerprint density at radius 1 is 1.26 bits per heavy atom. The lowest BCUT2D eigenvalue weighted by Gasteiger charge is -2.45. The number of pyridine rings is 1. The van der Waals surface area contributed by atoms with Crippen molar-refractivity contribution in [2.45, 2.75) is 52.6 Å². The molecule has 3 N–H and O–H groups in total. The summed E-state index contributed by atoms with van der Waals surface area (Å²) in [4.78, 5) is 4.38. The summed E-state index contributed by atoms with van der Waals surface area (Å²) in [6.45, 7) is 7.12. The van der Waals surface area contributed by atoms with Crippen LogP contribution >= 0.6 is 0 Å². The van der Waals surface area contributed by atoms with Crippen molar-refractivity contribution in [3.05, 3.63) is 29.6 Å². The minimum Gasteiger partial charge on any atom is -0.386 e. The average molecular weight is 262 g/mol. The van der Waals surface area contributed by atoms with Gasteiger partial charge in [0.1, 0.15) is 6.10 Å². The highest BCUT2D eigenvalue weighted by Crippen LogP contribution is 2.50. The topological polar surface area (TPSA) is 59.1 Å². The zero-order valence-corrected chi connectivity index (χ0v) is 12.3. The molecule has 1 saturated carbocycles. The van der Waals surface area contributed by atoms with E-state index < -0.39 is 6.10 Å². The van der Waals surface area contributed by atoms with Crippen LogP contribution in [0.15, 0.2) is 18.3 Å². The summed E-state index contributed by atoms with van der Waals surface area (Å²) in [5, 5.41) is 10.7. The van der Waals surface area contributed by atoms with E-state index in [1.165, 1.54) is 0 Å². The Hall–Kier alpha value is -0.930. The lowest BCUT2D eigenvalue weighted by molar-refractivity contribution is -0.0258. The Bertz CT molecular complexity index is 415. The van der Waals surface area contributed by atoms with Crippen molar-refractivity contribution in [1.29, 1.82) is 0 Å². The Labute approximate surface area is 116 Å². The minimum atomic E-state index is -0.547. The van der Waals surface area contributed by atoms with Crippen LogP contribution in [0.1, 0.15) is 56.9 Å². The first-order chi connectivity index (χ1) is 8.88. The van der Waals surface area contributed by atoms with Gasteiger partial charge < -0.3 is 10.8 Å². The maximum absolute atomic E-state index is 10.7. The Kier molecular flexibility index (Phi) is 3.98. The van der Waals surface area contributed by atoms with Crippen molar-refractivity contribution < 1.29 is 5.11 Å². The van der Waals surface area contributed by atoms with Gasteiger partial charge in [-0.2, -0.15) is 0 Å². The summed E-state index contributed by atoms with van der Waals surface area (Å²) in [7, 11) is 0. The highest BCUT2D eigenvalue weighted by atomic mass is 16.3. The molecule has 2 rings (SSSR count).